The van der Waals surface area contributed by atoms with E-state index in [2.05, 4.69) is 22.5 Å². The topological polar surface area (TPSA) is 23.5 Å². The SMILES string of the molecule is C=CCN(CCO)Cc1ccc(Br)cc1F. The Bertz CT molecular complexity index is 357. The minimum absolute atomic E-state index is 0.0615. The van der Waals surface area contributed by atoms with Crippen LogP contribution in [0.25, 0.3) is 0 Å². The summed E-state index contributed by atoms with van der Waals surface area (Å²) in [5.41, 5.74) is 0.624. The van der Waals surface area contributed by atoms with E-state index in [0.717, 1.165) is 4.47 Å². The number of benzene rings is 1. The van der Waals surface area contributed by atoms with Gasteiger partial charge >= 0.3 is 0 Å². The van der Waals surface area contributed by atoms with Crippen molar-refractivity contribution >= 4 is 15.9 Å². The van der Waals surface area contributed by atoms with E-state index in [1.165, 1.54) is 6.07 Å². The Kier molecular flexibility index (Phi) is 5.66. The molecular formula is C12H15BrFNO. The van der Waals surface area contributed by atoms with Gasteiger partial charge in [0.2, 0.25) is 0 Å². The molecule has 0 saturated heterocycles. The van der Waals surface area contributed by atoms with Gasteiger partial charge in [0.05, 0.1) is 6.61 Å². The Morgan fingerprint density at radius 3 is 2.81 bits per heavy atom. The fraction of sp³-hybridized carbons (Fsp3) is 0.333. The van der Waals surface area contributed by atoms with Crippen LogP contribution in [0, 0.1) is 5.82 Å². The second-order valence-corrected chi connectivity index (χ2v) is 4.40. The molecule has 0 radical (unpaired) electrons. The molecule has 16 heavy (non-hydrogen) atoms. The highest BCUT2D eigenvalue weighted by atomic mass is 79.9. The molecule has 0 heterocycles. The number of halogens is 2. The van der Waals surface area contributed by atoms with Gasteiger partial charge in [-0.15, -0.1) is 6.58 Å². The first kappa shape index (κ1) is 13.4. The molecule has 0 atom stereocenters. The highest BCUT2D eigenvalue weighted by Crippen LogP contribution is 2.16. The zero-order valence-corrected chi connectivity index (χ0v) is 10.6. The van der Waals surface area contributed by atoms with Crippen LogP contribution in [-0.4, -0.2) is 29.7 Å². The zero-order valence-electron chi connectivity index (χ0n) is 9.00. The fourth-order valence-corrected chi connectivity index (χ4v) is 1.78. The van der Waals surface area contributed by atoms with Crippen molar-refractivity contribution < 1.29 is 9.50 Å². The molecule has 0 aliphatic heterocycles. The van der Waals surface area contributed by atoms with Crippen LogP contribution < -0.4 is 0 Å². The predicted molar refractivity (Wildman–Crippen MR) is 66.7 cm³/mol. The number of rotatable bonds is 6. The first-order valence-corrected chi connectivity index (χ1v) is 5.84. The standard InChI is InChI=1S/C12H15BrFNO/c1-2-5-15(6-7-16)9-10-3-4-11(13)8-12(10)14/h2-4,8,16H,1,5-7,9H2. The fourth-order valence-electron chi connectivity index (χ4n) is 1.45. The van der Waals surface area contributed by atoms with Crippen molar-refractivity contribution in [2.75, 3.05) is 19.7 Å². The molecule has 0 aromatic heterocycles. The van der Waals surface area contributed by atoms with Crippen LogP contribution in [0.2, 0.25) is 0 Å². The van der Waals surface area contributed by atoms with Gasteiger partial charge in [-0.25, -0.2) is 4.39 Å². The van der Waals surface area contributed by atoms with E-state index in [0.29, 0.717) is 25.2 Å². The zero-order chi connectivity index (χ0) is 12.0. The van der Waals surface area contributed by atoms with Crippen LogP contribution in [0.5, 0.6) is 0 Å². The summed E-state index contributed by atoms with van der Waals surface area (Å²) in [5, 5.41) is 8.88. The van der Waals surface area contributed by atoms with Crippen molar-refractivity contribution in [3.8, 4) is 0 Å². The van der Waals surface area contributed by atoms with Crippen LogP contribution in [0.1, 0.15) is 5.56 Å². The maximum absolute atomic E-state index is 13.5. The van der Waals surface area contributed by atoms with Gasteiger partial charge in [0, 0.05) is 29.7 Å². The second-order valence-electron chi connectivity index (χ2n) is 3.48. The molecule has 0 spiro atoms. The van der Waals surface area contributed by atoms with Crippen molar-refractivity contribution in [2.24, 2.45) is 0 Å². The van der Waals surface area contributed by atoms with Gasteiger partial charge < -0.3 is 5.11 Å². The summed E-state index contributed by atoms with van der Waals surface area (Å²) in [6.07, 6.45) is 1.74. The maximum Gasteiger partial charge on any atom is 0.128 e. The van der Waals surface area contributed by atoms with Gasteiger partial charge in [0.15, 0.2) is 0 Å². The van der Waals surface area contributed by atoms with Crippen LogP contribution >= 0.6 is 15.9 Å². The van der Waals surface area contributed by atoms with Crippen LogP contribution in [0.4, 0.5) is 4.39 Å². The van der Waals surface area contributed by atoms with Crippen LogP contribution in [0.3, 0.4) is 0 Å². The predicted octanol–water partition coefficient (Wildman–Crippen LogP) is 2.57. The summed E-state index contributed by atoms with van der Waals surface area (Å²) in [6, 6.07) is 5.00. The molecule has 0 amide bonds. The van der Waals surface area contributed by atoms with Gasteiger partial charge in [0.25, 0.3) is 0 Å². The molecule has 0 aliphatic rings. The lowest BCUT2D eigenvalue weighted by Gasteiger charge is -2.19. The molecule has 1 N–H and O–H groups in total. The van der Waals surface area contributed by atoms with Gasteiger partial charge in [-0.2, -0.15) is 0 Å². The van der Waals surface area contributed by atoms with Gasteiger partial charge in [0.1, 0.15) is 5.82 Å². The minimum Gasteiger partial charge on any atom is -0.395 e. The van der Waals surface area contributed by atoms with Crippen LogP contribution in [0.15, 0.2) is 35.3 Å². The van der Waals surface area contributed by atoms with E-state index < -0.39 is 0 Å². The minimum atomic E-state index is -0.235. The van der Waals surface area contributed by atoms with E-state index in [9.17, 15) is 4.39 Å². The molecular weight excluding hydrogens is 273 g/mol. The summed E-state index contributed by atoms with van der Waals surface area (Å²) in [7, 11) is 0. The Balaban J connectivity index is 2.72. The summed E-state index contributed by atoms with van der Waals surface area (Å²) in [5.74, 6) is -0.235. The van der Waals surface area contributed by atoms with Crippen molar-refractivity contribution in [2.45, 2.75) is 6.54 Å². The van der Waals surface area contributed by atoms with E-state index in [1.54, 1.807) is 12.1 Å². The largest absolute Gasteiger partial charge is 0.395 e. The van der Waals surface area contributed by atoms with E-state index in [-0.39, 0.29) is 12.4 Å². The van der Waals surface area contributed by atoms with E-state index in [1.807, 2.05) is 11.0 Å². The van der Waals surface area contributed by atoms with E-state index >= 15 is 0 Å². The first-order chi connectivity index (χ1) is 7.67. The molecule has 4 heteroatoms. The molecule has 0 bridgehead atoms. The van der Waals surface area contributed by atoms with Crippen molar-refractivity contribution in [1.82, 2.24) is 4.90 Å². The third kappa shape index (κ3) is 4.04. The van der Waals surface area contributed by atoms with Gasteiger partial charge in [-0.1, -0.05) is 28.1 Å². The van der Waals surface area contributed by atoms with Gasteiger partial charge in [-0.05, 0) is 12.1 Å². The van der Waals surface area contributed by atoms with Crippen molar-refractivity contribution in [3.63, 3.8) is 0 Å². The Morgan fingerprint density at radius 2 is 2.25 bits per heavy atom. The third-order valence-corrected chi connectivity index (χ3v) is 2.71. The summed E-state index contributed by atoms with van der Waals surface area (Å²) in [4.78, 5) is 1.93. The number of nitrogens with zero attached hydrogens (tertiary/aromatic N) is 1. The Labute approximate surface area is 104 Å². The molecule has 88 valence electrons. The van der Waals surface area contributed by atoms with Gasteiger partial charge in [-0.3, -0.25) is 4.90 Å². The second kappa shape index (κ2) is 6.78. The highest BCUT2D eigenvalue weighted by molar-refractivity contribution is 9.10. The first-order valence-electron chi connectivity index (χ1n) is 5.05. The van der Waals surface area contributed by atoms with E-state index in [4.69, 9.17) is 5.11 Å². The lowest BCUT2D eigenvalue weighted by molar-refractivity contribution is 0.202. The van der Waals surface area contributed by atoms with Crippen molar-refractivity contribution in [1.29, 1.82) is 0 Å². The normalized spacial score (nSPS) is 10.8. The Morgan fingerprint density at radius 1 is 1.50 bits per heavy atom. The molecule has 2 nitrogen and oxygen atoms in total. The number of hydrogen-bond donors (Lipinski definition) is 1. The summed E-state index contributed by atoms with van der Waals surface area (Å²) in [6.45, 7) is 5.33. The molecule has 0 unspecified atom stereocenters. The third-order valence-electron chi connectivity index (χ3n) is 2.21. The smallest absolute Gasteiger partial charge is 0.128 e. The van der Waals surface area contributed by atoms with Crippen LogP contribution in [-0.2, 0) is 6.54 Å². The summed E-state index contributed by atoms with van der Waals surface area (Å²) >= 11 is 3.21. The molecule has 1 rings (SSSR count). The lowest BCUT2D eigenvalue weighted by Crippen LogP contribution is -2.27. The summed E-state index contributed by atoms with van der Waals surface area (Å²) < 4.78 is 14.3. The molecule has 0 saturated carbocycles. The Hall–Kier alpha value is -0.710. The molecule has 1 aromatic rings. The average Bonchev–Trinajstić information content (AvgIpc) is 2.23. The monoisotopic (exact) mass is 287 g/mol. The average molecular weight is 288 g/mol. The quantitative estimate of drug-likeness (QED) is 0.813. The number of hydrogen-bond acceptors (Lipinski definition) is 2. The molecule has 1 aromatic carbocycles. The highest BCUT2D eigenvalue weighted by Gasteiger charge is 2.08. The molecule has 0 aliphatic carbocycles. The molecule has 0 fully saturated rings. The lowest BCUT2D eigenvalue weighted by atomic mass is 10.2. The van der Waals surface area contributed by atoms with Crippen molar-refractivity contribution in [3.05, 3.63) is 46.7 Å². The number of aliphatic hydroxyl groups excluding tert-OH is 1. The maximum atomic E-state index is 13.5. The number of aliphatic hydroxyl groups is 1.